The van der Waals surface area contributed by atoms with E-state index in [-0.39, 0.29) is 29.9 Å². The molecule has 0 saturated heterocycles. The van der Waals surface area contributed by atoms with Crippen molar-refractivity contribution in [2.24, 2.45) is 0 Å². The van der Waals surface area contributed by atoms with Gasteiger partial charge in [0.2, 0.25) is 0 Å². The standard InChI is InChI=1S/C22H18F2O3/c1-14-7-8-16(19(23)9-14)10-18-20(24)11-17(22(25)26)12-21(18)27-13-15-5-3-2-4-6-15/h2-9,11-12H,10,13H2,1H3,(H,25,26). The summed E-state index contributed by atoms with van der Waals surface area (Å²) in [5.74, 6) is -2.34. The molecular weight excluding hydrogens is 350 g/mol. The van der Waals surface area contributed by atoms with Crippen molar-refractivity contribution >= 4 is 5.97 Å². The number of carboxylic acids is 1. The molecule has 0 aromatic heterocycles. The lowest BCUT2D eigenvalue weighted by atomic mass is 10.00. The largest absolute Gasteiger partial charge is 0.488 e. The number of carbonyl (C=O) groups is 1. The van der Waals surface area contributed by atoms with E-state index in [0.29, 0.717) is 5.56 Å². The minimum absolute atomic E-state index is 0.0397. The highest BCUT2D eigenvalue weighted by Gasteiger charge is 2.18. The van der Waals surface area contributed by atoms with Gasteiger partial charge in [0.1, 0.15) is 24.0 Å². The Hall–Kier alpha value is -3.21. The molecule has 0 amide bonds. The van der Waals surface area contributed by atoms with Gasteiger partial charge in [0.05, 0.1) is 5.56 Å². The fourth-order valence-corrected chi connectivity index (χ4v) is 2.76. The van der Waals surface area contributed by atoms with Crippen LogP contribution in [0.25, 0.3) is 0 Å². The molecule has 0 aliphatic carbocycles. The van der Waals surface area contributed by atoms with Crippen LogP contribution in [0.15, 0.2) is 60.7 Å². The second kappa shape index (κ2) is 7.99. The number of aromatic carboxylic acids is 1. The zero-order chi connectivity index (χ0) is 19.4. The molecular formula is C22H18F2O3. The second-order valence-electron chi connectivity index (χ2n) is 6.29. The molecule has 0 aliphatic rings. The van der Waals surface area contributed by atoms with Crippen molar-refractivity contribution in [3.63, 3.8) is 0 Å². The molecule has 0 spiro atoms. The normalized spacial score (nSPS) is 10.6. The van der Waals surface area contributed by atoms with Crippen molar-refractivity contribution in [3.05, 3.63) is 100 Å². The molecule has 0 unspecified atom stereocenters. The van der Waals surface area contributed by atoms with E-state index in [4.69, 9.17) is 4.74 Å². The molecule has 27 heavy (non-hydrogen) atoms. The minimum atomic E-state index is -1.26. The summed E-state index contributed by atoms with van der Waals surface area (Å²) in [5, 5.41) is 9.19. The predicted molar refractivity (Wildman–Crippen MR) is 98.1 cm³/mol. The Morgan fingerprint density at radius 2 is 1.74 bits per heavy atom. The molecule has 0 saturated carbocycles. The molecule has 0 bridgehead atoms. The average Bonchev–Trinajstić information content (AvgIpc) is 2.64. The number of aryl methyl sites for hydroxylation is 1. The smallest absolute Gasteiger partial charge is 0.335 e. The van der Waals surface area contributed by atoms with Crippen LogP contribution >= 0.6 is 0 Å². The first-order chi connectivity index (χ1) is 12.9. The van der Waals surface area contributed by atoms with Crippen molar-refractivity contribution in [1.29, 1.82) is 0 Å². The van der Waals surface area contributed by atoms with Gasteiger partial charge in [-0.3, -0.25) is 0 Å². The van der Waals surface area contributed by atoms with Gasteiger partial charge in [-0.15, -0.1) is 0 Å². The van der Waals surface area contributed by atoms with Crippen LogP contribution in [0.2, 0.25) is 0 Å². The van der Waals surface area contributed by atoms with Crippen molar-refractivity contribution in [1.82, 2.24) is 0 Å². The molecule has 0 radical (unpaired) electrons. The molecule has 3 aromatic rings. The molecule has 5 heteroatoms. The molecule has 0 aliphatic heterocycles. The lowest BCUT2D eigenvalue weighted by molar-refractivity contribution is 0.0695. The summed E-state index contributed by atoms with van der Waals surface area (Å²) < 4.78 is 34.5. The Balaban J connectivity index is 1.96. The molecule has 0 fully saturated rings. The highest BCUT2D eigenvalue weighted by atomic mass is 19.1. The van der Waals surface area contributed by atoms with E-state index in [1.165, 1.54) is 12.1 Å². The Bertz CT molecular complexity index is 969. The van der Waals surface area contributed by atoms with Crippen LogP contribution in [0, 0.1) is 18.6 Å². The summed E-state index contributed by atoms with van der Waals surface area (Å²) in [5.41, 5.74) is 1.83. The van der Waals surface area contributed by atoms with Gasteiger partial charge in [-0.25, -0.2) is 13.6 Å². The van der Waals surface area contributed by atoms with Crippen molar-refractivity contribution in [2.45, 2.75) is 20.0 Å². The van der Waals surface area contributed by atoms with Crippen LogP contribution in [0.5, 0.6) is 5.75 Å². The molecule has 1 N–H and O–H groups in total. The zero-order valence-corrected chi connectivity index (χ0v) is 14.7. The predicted octanol–water partition coefficient (Wildman–Crippen LogP) is 5.14. The third kappa shape index (κ3) is 4.50. The number of rotatable bonds is 6. The van der Waals surface area contributed by atoms with E-state index in [0.717, 1.165) is 17.2 Å². The molecule has 0 heterocycles. The topological polar surface area (TPSA) is 46.5 Å². The second-order valence-corrected chi connectivity index (χ2v) is 6.29. The van der Waals surface area contributed by atoms with Gasteiger partial charge in [0.15, 0.2) is 0 Å². The Morgan fingerprint density at radius 3 is 2.41 bits per heavy atom. The summed E-state index contributed by atoms with van der Waals surface area (Å²) >= 11 is 0. The quantitative estimate of drug-likeness (QED) is 0.655. The van der Waals surface area contributed by atoms with Crippen molar-refractivity contribution in [3.8, 4) is 5.75 Å². The number of hydrogen-bond acceptors (Lipinski definition) is 2. The van der Waals surface area contributed by atoms with Gasteiger partial charge in [-0.1, -0.05) is 42.5 Å². The van der Waals surface area contributed by atoms with Gasteiger partial charge < -0.3 is 9.84 Å². The lowest BCUT2D eigenvalue weighted by Gasteiger charge is -2.14. The van der Waals surface area contributed by atoms with Crippen LogP contribution in [0.1, 0.15) is 32.6 Å². The van der Waals surface area contributed by atoms with Gasteiger partial charge in [-0.2, -0.15) is 0 Å². The maximum Gasteiger partial charge on any atom is 0.335 e. The fraction of sp³-hybridized carbons (Fsp3) is 0.136. The van der Waals surface area contributed by atoms with Gasteiger partial charge in [0.25, 0.3) is 0 Å². The van der Waals surface area contributed by atoms with Crippen LogP contribution < -0.4 is 4.74 Å². The van der Waals surface area contributed by atoms with Gasteiger partial charge >= 0.3 is 5.97 Å². The number of ether oxygens (including phenoxy) is 1. The van der Waals surface area contributed by atoms with E-state index in [9.17, 15) is 18.7 Å². The summed E-state index contributed by atoms with van der Waals surface area (Å²) in [6, 6.07) is 16.2. The van der Waals surface area contributed by atoms with Gasteiger partial charge in [-0.05, 0) is 41.8 Å². The molecule has 138 valence electrons. The lowest BCUT2D eigenvalue weighted by Crippen LogP contribution is -2.06. The summed E-state index contributed by atoms with van der Waals surface area (Å²) in [6.45, 7) is 1.91. The Kier molecular flexibility index (Phi) is 5.50. The SMILES string of the molecule is Cc1ccc(Cc2c(F)cc(C(=O)O)cc2OCc2ccccc2)c(F)c1. The van der Waals surface area contributed by atoms with E-state index < -0.39 is 17.6 Å². The monoisotopic (exact) mass is 368 g/mol. The Morgan fingerprint density at radius 1 is 1.00 bits per heavy atom. The van der Waals surface area contributed by atoms with Crippen molar-refractivity contribution < 1.29 is 23.4 Å². The zero-order valence-electron chi connectivity index (χ0n) is 14.7. The first-order valence-electron chi connectivity index (χ1n) is 8.41. The number of benzene rings is 3. The maximum atomic E-state index is 14.6. The van der Waals surface area contributed by atoms with E-state index >= 15 is 0 Å². The summed E-state index contributed by atoms with van der Waals surface area (Å²) in [4.78, 5) is 11.3. The van der Waals surface area contributed by atoms with Gasteiger partial charge in [0, 0.05) is 12.0 Å². The highest BCUT2D eigenvalue weighted by Crippen LogP contribution is 2.28. The van der Waals surface area contributed by atoms with E-state index in [1.54, 1.807) is 19.1 Å². The molecule has 0 atom stereocenters. The van der Waals surface area contributed by atoms with E-state index in [2.05, 4.69) is 0 Å². The number of carboxylic acid groups (broad SMARTS) is 1. The highest BCUT2D eigenvalue weighted by molar-refractivity contribution is 5.88. The fourth-order valence-electron chi connectivity index (χ4n) is 2.76. The van der Waals surface area contributed by atoms with Crippen LogP contribution in [0.4, 0.5) is 8.78 Å². The third-order valence-corrected chi connectivity index (χ3v) is 4.21. The first-order valence-corrected chi connectivity index (χ1v) is 8.41. The summed E-state index contributed by atoms with van der Waals surface area (Å²) in [6.07, 6.45) is -0.0397. The average molecular weight is 368 g/mol. The van der Waals surface area contributed by atoms with Crippen LogP contribution in [0.3, 0.4) is 0 Å². The molecule has 3 aromatic carbocycles. The minimum Gasteiger partial charge on any atom is -0.488 e. The number of hydrogen-bond donors (Lipinski definition) is 1. The maximum absolute atomic E-state index is 14.6. The molecule has 3 rings (SSSR count). The van der Waals surface area contributed by atoms with E-state index in [1.807, 2.05) is 30.3 Å². The van der Waals surface area contributed by atoms with Crippen LogP contribution in [-0.4, -0.2) is 11.1 Å². The number of halogens is 2. The van der Waals surface area contributed by atoms with Crippen LogP contribution in [-0.2, 0) is 13.0 Å². The third-order valence-electron chi connectivity index (χ3n) is 4.21. The van der Waals surface area contributed by atoms with Crippen molar-refractivity contribution in [2.75, 3.05) is 0 Å². The summed E-state index contributed by atoms with van der Waals surface area (Å²) in [7, 11) is 0. The Labute approximate surface area is 155 Å². The molecule has 3 nitrogen and oxygen atoms in total. The first kappa shape index (κ1) is 18.6.